The van der Waals surface area contributed by atoms with Gasteiger partial charge in [-0.2, -0.15) is 0 Å². The summed E-state index contributed by atoms with van der Waals surface area (Å²) in [5.41, 5.74) is 0.595. The number of anilines is 1. The van der Waals surface area contributed by atoms with Gasteiger partial charge in [0, 0.05) is 12.2 Å². The number of hydrogen-bond acceptors (Lipinski definition) is 1. The topological polar surface area (TPSA) is 60.8 Å². The van der Waals surface area contributed by atoms with Crippen molar-refractivity contribution >= 4 is 13.4 Å². The molecule has 0 saturated carbocycles. The van der Waals surface area contributed by atoms with E-state index in [0.29, 0.717) is 12.2 Å². The molecule has 0 amide bonds. The third-order valence-electron chi connectivity index (χ3n) is 4.34. The van der Waals surface area contributed by atoms with Gasteiger partial charge in [0.15, 0.2) is 0 Å². The van der Waals surface area contributed by atoms with Gasteiger partial charge >= 0.3 is 7.75 Å². The van der Waals surface area contributed by atoms with Crippen LogP contribution in [0, 0.1) is 0 Å². The van der Waals surface area contributed by atoms with Crippen molar-refractivity contribution in [3.8, 4) is 0 Å². The molecule has 0 aromatic heterocycles. The summed E-state index contributed by atoms with van der Waals surface area (Å²) in [4.78, 5) is 19.1. The monoisotopic (exact) mass is 355 g/mol. The van der Waals surface area contributed by atoms with Crippen molar-refractivity contribution in [2.45, 2.75) is 77.6 Å². The van der Waals surface area contributed by atoms with Crippen molar-refractivity contribution in [3.63, 3.8) is 0 Å². The zero-order valence-corrected chi connectivity index (χ0v) is 16.0. The number of hydrogen-bond donors (Lipinski definition) is 2. The van der Waals surface area contributed by atoms with E-state index in [2.05, 4.69) is 6.92 Å². The van der Waals surface area contributed by atoms with E-state index in [1.165, 1.54) is 56.0 Å². The average molecular weight is 355 g/mol. The van der Waals surface area contributed by atoms with Gasteiger partial charge in [-0.1, -0.05) is 89.3 Å². The standard InChI is InChI=1S/C19H34NO3P/c1-2-3-4-5-6-7-8-9-10-11-15-18-20(24(21,22)23)19-16-13-12-14-17-19/h12-14,16-17H,2-11,15,18H2,1H3,(H2,21,22,23). The summed E-state index contributed by atoms with van der Waals surface area (Å²) < 4.78 is 12.9. The fourth-order valence-corrected chi connectivity index (χ4v) is 3.77. The molecule has 0 saturated heterocycles. The van der Waals surface area contributed by atoms with Crippen LogP contribution < -0.4 is 4.67 Å². The van der Waals surface area contributed by atoms with Crippen LogP contribution in [0.1, 0.15) is 77.6 Å². The fourth-order valence-electron chi connectivity index (χ4n) is 2.94. The van der Waals surface area contributed by atoms with Crippen molar-refractivity contribution in [2.75, 3.05) is 11.2 Å². The van der Waals surface area contributed by atoms with E-state index >= 15 is 0 Å². The maximum atomic E-state index is 11.7. The molecule has 0 unspecified atom stereocenters. The van der Waals surface area contributed by atoms with Gasteiger partial charge in [0.2, 0.25) is 0 Å². The predicted molar refractivity (Wildman–Crippen MR) is 102 cm³/mol. The van der Waals surface area contributed by atoms with Crippen molar-refractivity contribution in [2.24, 2.45) is 0 Å². The Hall–Kier alpha value is -0.830. The second kappa shape index (κ2) is 12.5. The molecule has 1 aromatic carbocycles. The van der Waals surface area contributed by atoms with Gasteiger partial charge in [0.05, 0.1) is 0 Å². The molecular formula is C19H34NO3P. The molecule has 138 valence electrons. The molecule has 0 aliphatic rings. The fraction of sp³-hybridized carbons (Fsp3) is 0.684. The van der Waals surface area contributed by atoms with Crippen LogP contribution in [-0.2, 0) is 4.57 Å². The normalized spacial score (nSPS) is 11.6. The zero-order valence-electron chi connectivity index (χ0n) is 15.1. The lowest BCUT2D eigenvalue weighted by Crippen LogP contribution is -2.20. The molecule has 0 bridgehead atoms. The van der Waals surface area contributed by atoms with E-state index < -0.39 is 7.75 Å². The van der Waals surface area contributed by atoms with E-state index in [4.69, 9.17) is 0 Å². The summed E-state index contributed by atoms with van der Waals surface area (Å²) in [6, 6.07) is 8.95. The van der Waals surface area contributed by atoms with Gasteiger partial charge in [-0.25, -0.2) is 4.57 Å². The molecule has 0 fully saturated rings. The Morgan fingerprint density at radius 3 is 1.71 bits per heavy atom. The van der Waals surface area contributed by atoms with Crippen LogP contribution in [0.25, 0.3) is 0 Å². The first-order valence-electron chi connectivity index (χ1n) is 9.44. The van der Waals surface area contributed by atoms with Crippen LogP contribution >= 0.6 is 7.75 Å². The Labute approximate surface area is 147 Å². The zero-order chi connectivity index (χ0) is 17.7. The highest BCUT2D eigenvalue weighted by atomic mass is 31.2. The summed E-state index contributed by atoms with van der Waals surface area (Å²) >= 11 is 0. The number of nitrogens with zero attached hydrogens (tertiary/aromatic N) is 1. The summed E-state index contributed by atoms with van der Waals surface area (Å²) in [5.74, 6) is 0. The Morgan fingerprint density at radius 1 is 0.792 bits per heavy atom. The first kappa shape index (κ1) is 21.2. The molecule has 24 heavy (non-hydrogen) atoms. The second-order valence-electron chi connectivity index (χ2n) is 6.51. The molecule has 0 radical (unpaired) electrons. The van der Waals surface area contributed by atoms with Crippen molar-refractivity contribution in [1.82, 2.24) is 0 Å². The molecule has 0 spiro atoms. The van der Waals surface area contributed by atoms with Crippen LogP contribution in [0.5, 0.6) is 0 Å². The van der Waals surface area contributed by atoms with Crippen molar-refractivity contribution in [3.05, 3.63) is 30.3 Å². The van der Waals surface area contributed by atoms with Crippen molar-refractivity contribution in [1.29, 1.82) is 0 Å². The van der Waals surface area contributed by atoms with Crippen LogP contribution in [-0.4, -0.2) is 16.3 Å². The third kappa shape index (κ3) is 9.46. The van der Waals surface area contributed by atoms with E-state index in [9.17, 15) is 14.4 Å². The lowest BCUT2D eigenvalue weighted by atomic mass is 10.1. The largest absolute Gasteiger partial charge is 0.430 e. The highest BCUT2D eigenvalue weighted by molar-refractivity contribution is 7.53. The van der Waals surface area contributed by atoms with E-state index in [1.807, 2.05) is 6.07 Å². The summed E-state index contributed by atoms with van der Waals surface area (Å²) in [5, 5.41) is 0. The Bertz CT molecular complexity index is 461. The Balaban J connectivity index is 2.13. The Kier molecular flexibility index (Phi) is 11.1. The Morgan fingerprint density at radius 2 is 1.25 bits per heavy atom. The van der Waals surface area contributed by atoms with Crippen LogP contribution in [0.3, 0.4) is 0 Å². The molecule has 1 aromatic rings. The molecule has 1 rings (SSSR count). The number of para-hydroxylation sites is 1. The molecule has 0 aliphatic heterocycles. The summed E-state index contributed by atoms with van der Waals surface area (Å²) in [6.45, 7) is 2.65. The minimum absolute atomic E-state index is 0.408. The molecular weight excluding hydrogens is 321 g/mol. The molecule has 2 N–H and O–H groups in total. The summed E-state index contributed by atoms with van der Waals surface area (Å²) in [7, 11) is -4.24. The number of unbranched alkanes of at least 4 members (excludes halogenated alkanes) is 10. The predicted octanol–water partition coefficient (Wildman–Crippen LogP) is 5.90. The van der Waals surface area contributed by atoms with Gasteiger partial charge in [-0.15, -0.1) is 0 Å². The third-order valence-corrected chi connectivity index (χ3v) is 5.40. The molecule has 4 nitrogen and oxygen atoms in total. The quantitative estimate of drug-likeness (QED) is 0.322. The van der Waals surface area contributed by atoms with Crippen LogP contribution in [0.4, 0.5) is 5.69 Å². The number of rotatable bonds is 14. The average Bonchev–Trinajstić information content (AvgIpc) is 2.55. The lowest BCUT2D eigenvalue weighted by molar-refractivity contribution is 0.367. The molecule has 5 heteroatoms. The minimum atomic E-state index is -4.24. The smallest absolute Gasteiger partial charge is 0.308 e. The maximum absolute atomic E-state index is 11.7. The highest BCUT2D eigenvalue weighted by Gasteiger charge is 2.24. The van der Waals surface area contributed by atoms with Crippen LogP contribution in [0.15, 0.2) is 30.3 Å². The van der Waals surface area contributed by atoms with Gasteiger partial charge in [-0.3, -0.25) is 4.67 Å². The second-order valence-corrected chi connectivity index (χ2v) is 8.02. The minimum Gasteiger partial charge on any atom is -0.308 e. The van der Waals surface area contributed by atoms with Crippen LogP contribution in [0.2, 0.25) is 0 Å². The highest BCUT2D eigenvalue weighted by Crippen LogP contribution is 2.43. The van der Waals surface area contributed by atoms with Gasteiger partial charge < -0.3 is 9.79 Å². The van der Waals surface area contributed by atoms with E-state index in [-0.39, 0.29) is 0 Å². The molecule has 0 aliphatic carbocycles. The molecule has 0 heterocycles. The van der Waals surface area contributed by atoms with Crippen molar-refractivity contribution < 1.29 is 14.4 Å². The maximum Gasteiger partial charge on any atom is 0.430 e. The van der Waals surface area contributed by atoms with Gasteiger partial charge in [0.25, 0.3) is 0 Å². The number of benzene rings is 1. The SMILES string of the molecule is CCCCCCCCCCCCCN(c1ccccc1)P(=O)(O)O. The first-order chi connectivity index (χ1) is 11.6. The van der Waals surface area contributed by atoms with E-state index in [1.54, 1.807) is 24.3 Å². The van der Waals surface area contributed by atoms with Gasteiger partial charge in [0.1, 0.15) is 0 Å². The first-order valence-corrected chi connectivity index (χ1v) is 11.0. The molecule has 0 atom stereocenters. The van der Waals surface area contributed by atoms with E-state index in [0.717, 1.165) is 19.3 Å². The lowest BCUT2D eigenvalue weighted by Gasteiger charge is -2.25. The summed E-state index contributed by atoms with van der Waals surface area (Å²) in [6.07, 6.45) is 13.6. The van der Waals surface area contributed by atoms with Gasteiger partial charge in [-0.05, 0) is 18.6 Å².